The standard InChI is InChI=1S/C7H5N5O4/c1-4-2-3-5(11(13)14)6(9-10-8)7(4)12(15)16/h2-3H,1H3. The van der Waals surface area contributed by atoms with Gasteiger partial charge in [-0.3, -0.25) is 20.2 Å². The Labute approximate surface area is 88.2 Å². The van der Waals surface area contributed by atoms with Gasteiger partial charge in [-0.15, -0.1) is 0 Å². The topological polar surface area (TPSA) is 135 Å². The van der Waals surface area contributed by atoms with Crippen molar-refractivity contribution in [3.05, 3.63) is 48.4 Å². The van der Waals surface area contributed by atoms with Gasteiger partial charge in [-0.05, 0) is 23.6 Å². The third kappa shape index (κ3) is 1.88. The van der Waals surface area contributed by atoms with Crippen molar-refractivity contribution in [2.24, 2.45) is 5.11 Å². The van der Waals surface area contributed by atoms with E-state index in [4.69, 9.17) is 5.53 Å². The molecule has 0 atom stereocenters. The quantitative estimate of drug-likeness (QED) is 0.256. The van der Waals surface area contributed by atoms with E-state index in [0.29, 0.717) is 0 Å². The maximum absolute atomic E-state index is 10.7. The zero-order valence-corrected chi connectivity index (χ0v) is 8.02. The SMILES string of the molecule is Cc1ccc([N+](=O)[O-])c(N=[N+]=[N-])c1[N+](=O)[O-]. The Kier molecular flexibility index (Phi) is 3.02. The minimum atomic E-state index is -0.837. The van der Waals surface area contributed by atoms with E-state index in [-0.39, 0.29) is 5.56 Å². The zero-order valence-electron chi connectivity index (χ0n) is 8.02. The van der Waals surface area contributed by atoms with Crippen molar-refractivity contribution in [3.8, 4) is 0 Å². The van der Waals surface area contributed by atoms with Crippen molar-refractivity contribution in [2.45, 2.75) is 6.92 Å². The Balaban J connectivity index is 3.69. The second-order valence-corrected chi connectivity index (χ2v) is 2.80. The Morgan fingerprint density at radius 2 is 1.94 bits per heavy atom. The molecule has 0 aromatic heterocycles. The summed E-state index contributed by atoms with van der Waals surface area (Å²) >= 11 is 0. The number of nitrogens with zero attached hydrogens (tertiary/aromatic N) is 5. The summed E-state index contributed by atoms with van der Waals surface area (Å²) in [5.74, 6) is 0. The molecule has 16 heavy (non-hydrogen) atoms. The summed E-state index contributed by atoms with van der Waals surface area (Å²) in [6, 6.07) is 2.29. The molecule has 1 aromatic rings. The number of aryl methyl sites for hydroxylation is 1. The fraction of sp³-hybridized carbons (Fsp3) is 0.143. The molecule has 1 aromatic carbocycles. The number of nitro groups is 2. The number of benzene rings is 1. The maximum Gasteiger partial charge on any atom is 0.288 e. The summed E-state index contributed by atoms with van der Waals surface area (Å²) in [6.45, 7) is 1.40. The van der Waals surface area contributed by atoms with Crippen molar-refractivity contribution in [2.75, 3.05) is 0 Å². The molecule has 0 aliphatic heterocycles. The van der Waals surface area contributed by atoms with E-state index < -0.39 is 26.9 Å². The highest BCUT2D eigenvalue weighted by Gasteiger charge is 2.26. The smallest absolute Gasteiger partial charge is 0.258 e. The molecule has 0 unspecified atom stereocenters. The lowest BCUT2D eigenvalue weighted by Crippen LogP contribution is -1.96. The third-order valence-corrected chi connectivity index (χ3v) is 1.86. The van der Waals surface area contributed by atoms with Crippen molar-refractivity contribution >= 4 is 17.1 Å². The maximum atomic E-state index is 10.7. The van der Waals surface area contributed by atoms with Crippen LogP contribution in [-0.2, 0) is 0 Å². The second kappa shape index (κ2) is 4.24. The molecule has 0 bridgehead atoms. The third-order valence-electron chi connectivity index (χ3n) is 1.86. The fourth-order valence-electron chi connectivity index (χ4n) is 1.19. The van der Waals surface area contributed by atoms with Crippen LogP contribution in [0.2, 0.25) is 0 Å². The average Bonchev–Trinajstić information content (AvgIpc) is 2.17. The van der Waals surface area contributed by atoms with Crippen LogP contribution >= 0.6 is 0 Å². The van der Waals surface area contributed by atoms with Crippen LogP contribution in [0, 0.1) is 27.2 Å². The lowest BCUT2D eigenvalue weighted by atomic mass is 10.1. The molecule has 0 aliphatic carbocycles. The monoisotopic (exact) mass is 223 g/mol. The van der Waals surface area contributed by atoms with Crippen LogP contribution in [0.4, 0.5) is 17.1 Å². The average molecular weight is 223 g/mol. The molecule has 0 amide bonds. The van der Waals surface area contributed by atoms with E-state index >= 15 is 0 Å². The van der Waals surface area contributed by atoms with Gasteiger partial charge in [-0.2, -0.15) is 0 Å². The van der Waals surface area contributed by atoms with Crippen molar-refractivity contribution in [1.29, 1.82) is 0 Å². The minimum absolute atomic E-state index is 0.193. The molecule has 0 radical (unpaired) electrons. The first kappa shape index (κ1) is 11.4. The van der Waals surface area contributed by atoms with Crippen LogP contribution < -0.4 is 0 Å². The summed E-state index contributed by atoms with van der Waals surface area (Å²) < 4.78 is 0. The molecular weight excluding hydrogens is 218 g/mol. The Hall–Kier alpha value is -2.67. The highest BCUT2D eigenvalue weighted by Crippen LogP contribution is 2.39. The molecule has 0 heterocycles. The largest absolute Gasteiger partial charge is 0.288 e. The summed E-state index contributed by atoms with van der Waals surface area (Å²) in [5, 5.41) is 24.3. The van der Waals surface area contributed by atoms with E-state index in [2.05, 4.69) is 10.0 Å². The summed E-state index contributed by atoms with van der Waals surface area (Å²) in [7, 11) is 0. The van der Waals surface area contributed by atoms with E-state index in [0.717, 1.165) is 6.07 Å². The van der Waals surface area contributed by atoms with Gasteiger partial charge >= 0.3 is 0 Å². The van der Waals surface area contributed by atoms with Crippen molar-refractivity contribution in [3.63, 3.8) is 0 Å². The van der Waals surface area contributed by atoms with Crippen LogP contribution in [0.5, 0.6) is 0 Å². The zero-order chi connectivity index (χ0) is 12.3. The first-order valence-corrected chi connectivity index (χ1v) is 3.96. The van der Waals surface area contributed by atoms with Crippen molar-refractivity contribution < 1.29 is 9.85 Å². The number of rotatable bonds is 3. The predicted octanol–water partition coefficient (Wildman–Crippen LogP) is 2.75. The predicted molar refractivity (Wildman–Crippen MR) is 53.3 cm³/mol. The van der Waals surface area contributed by atoms with Gasteiger partial charge in [0.15, 0.2) is 5.69 Å². The minimum Gasteiger partial charge on any atom is -0.258 e. The molecular formula is C7H5N5O4. The molecule has 1 rings (SSSR count). The molecule has 0 N–H and O–H groups in total. The highest BCUT2D eigenvalue weighted by atomic mass is 16.6. The van der Waals surface area contributed by atoms with Gasteiger partial charge < -0.3 is 0 Å². The van der Waals surface area contributed by atoms with E-state index in [1.54, 1.807) is 0 Å². The number of nitro benzene ring substituents is 2. The molecule has 82 valence electrons. The molecule has 9 heteroatoms. The van der Waals surface area contributed by atoms with E-state index in [1.807, 2.05) is 0 Å². The summed E-state index contributed by atoms with van der Waals surface area (Å²) in [4.78, 5) is 22.0. The van der Waals surface area contributed by atoms with Gasteiger partial charge in [-0.25, -0.2) is 0 Å². The number of hydrogen-bond donors (Lipinski definition) is 0. The lowest BCUT2D eigenvalue weighted by molar-refractivity contribution is -0.392. The second-order valence-electron chi connectivity index (χ2n) is 2.80. The Morgan fingerprint density at radius 3 is 2.38 bits per heavy atom. The summed E-state index contributed by atoms with van der Waals surface area (Å²) in [5.41, 5.74) is 6.72. The van der Waals surface area contributed by atoms with Crippen LogP contribution in [0.15, 0.2) is 17.2 Å². The number of azide groups is 1. The van der Waals surface area contributed by atoms with Crippen LogP contribution in [0.3, 0.4) is 0 Å². The fourth-order valence-corrected chi connectivity index (χ4v) is 1.19. The first-order valence-electron chi connectivity index (χ1n) is 3.96. The van der Waals surface area contributed by atoms with Gasteiger partial charge in [0.1, 0.15) is 0 Å². The Morgan fingerprint density at radius 1 is 1.31 bits per heavy atom. The molecule has 0 saturated heterocycles. The van der Waals surface area contributed by atoms with Gasteiger partial charge in [0, 0.05) is 16.5 Å². The van der Waals surface area contributed by atoms with Crippen LogP contribution in [0.25, 0.3) is 10.4 Å². The van der Waals surface area contributed by atoms with Crippen LogP contribution in [-0.4, -0.2) is 9.85 Å². The van der Waals surface area contributed by atoms with Crippen molar-refractivity contribution in [1.82, 2.24) is 0 Å². The van der Waals surface area contributed by atoms with E-state index in [1.165, 1.54) is 13.0 Å². The molecule has 0 aliphatic rings. The molecule has 0 spiro atoms. The van der Waals surface area contributed by atoms with Gasteiger partial charge in [-0.1, -0.05) is 0 Å². The lowest BCUT2D eigenvalue weighted by Gasteiger charge is -2.00. The normalized spacial score (nSPS) is 9.31. The molecule has 9 nitrogen and oxygen atoms in total. The van der Waals surface area contributed by atoms with E-state index in [9.17, 15) is 20.2 Å². The summed E-state index contributed by atoms with van der Waals surface area (Å²) in [6.07, 6.45) is 0. The number of hydrogen-bond acceptors (Lipinski definition) is 5. The van der Waals surface area contributed by atoms with Crippen LogP contribution in [0.1, 0.15) is 5.56 Å². The molecule has 0 saturated carbocycles. The van der Waals surface area contributed by atoms with Gasteiger partial charge in [0.2, 0.25) is 0 Å². The Bertz CT molecular complexity index is 520. The first-order chi connectivity index (χ1) is 7.49. The highest BCUT2D eigenvalue weighted by molar-refractivity contribution is 5.72. The van der Waals surface area contributed by atoms with Gasteiger partial charge in [0.25, 0.3) is 11.4 Å². The van der Waals surface area contributed by atoms with Gasteiger partial charge in [0.05, 0.1) is 9.85 Å². The molecule has 0 fully saturated rings.